The van der Waals surface area contributed by atoms with E-state index in [2.05, 4.69) is 10.3 Å². The molecule has 7 nitrogen and oxygen atoms in total. The fraction of sp³-hybridized carbons (Fsp3) is 0.212. The summed E-state index contributed by atoms with van der Waals surface area (Å²) in [5.74, 6) is -0.966. The van der Waals surface area contributed by atoms with E-state index in [1.165, 1.54) is 24.3 Å². The van der Waals surface area contributed by atoms with E-state index in [4.69, 9.17) is 0 Å². The first kappa shape index (κ1) is 29.5. The summed E-state index contributed by atoms with van der Waals surface area (Å²) in [5.41, 5.74) is 3.83. The van der Waals surface area contributed by atoms with E-state index in [1.807, 2.05) is 54.1 Å². The number of rotatable bonds is 10. The zero-order valence-electron chi connectivity index (χ0n) is 23.3. The van der Waals surface area contributed by atoms with Gasteiger partial charge in [0.05, 0.1) is 10.5 Å². The molecule has 0 aliphatic carbocycles. The Morgan fingerprint density at radius 2 is 1.77 bits per heavy atom. The van der Waals surface area contributed by atoms with Gasteiger partial charge in [-0.05, 0) is 53.9 Å². The van der Waals surface area contributed by atoms with Crippen molar-refractivity contribution in [1.29, 1.82) is 0 Å². The van der Waals surface area contributed by atoms with Gasteiger partial charge in [0, 0.05) is 73.0 Å². The average Bonchev–Trinajstić information content (AvgIpc) is 3.34. The number of amides is 1. The fourth-order valence-electron chi connectivity index (χ4n) is 5.17. The van der Waals surface area contributed by atoms with Crippen LogP contribution in [0.5, 0.6) is 0 Å². The number of non-ortho nitro benzene ring substituents is 1. The summed E-state index contributed by atoms with van der Waals surface area (Å²) in [6.45, 7) is 2.78. The van der Waals surface area contributed by atoms with Crippen LogP contribution in [0.1, 0.15) is 45.8 Å². The Bertz CT molecular complexity index is 1730. The minimum Gasteiger partial charge on any atom is -0.356 e. The van der Waals surface area contributed by atoms with Crippen molar-refractivity contribution in [1.82, 2.24) is 14.9 Å². The molecule has 5 aromatic rings. The van der Waals surface area contributed by atoms with E-state index in [0.717, 1.165) is 29.0 Å². The number of hydrogen-bond donors (Lipinski definition) is 1. The van der Waals surface area contributed by atoms with Crippen molar-refractivity contribution in [3.63, 3.8) is 0 Å². The minimum atomic E-state index is -4.51. The van der Waals surface area contributed by atoms with E-state index in [-0.39, 0.29) is 18.0 Å². The zero-order chi connectivity index (χ0) is 30.6. The topological polar surface area (TPSA) is 90.1 Å². The molecule has 3 aromatic carbocycles. The van der Waals surface area contributed by atoms with Crippen molar-refractivity contribution in [2.75, 3.05) is 6.54 Å². The van der Waals surface area contributed by atoms with Gasteiger partial charge in [-0.2, -0.15) is 13.2 Å². The maximum absolute atomic E-state index is 13.4. The molecule has 43 heavy (non-hydrogen) atoms. The van der Waals surface area contributed by atoms with E-state index < -0.39 is 22.6 Å². The summed E-state index contributed by atoms with van der Waals surface area (Å²) in [7, 11) is 0. The van der Waals surface area contributed by atoms with E-state index in [0.29, 0.717) is 41.5 Å². The highest BCUT2D eigenvalue weighted by Crippen LogP contribution is 2.38. The predicted octanol–water partition coefficient (Wildman–Crippen LogP) is 7.20. The van der Waals surface area contributed by atoms with Crippen LogP contribution >= 0.6 is 0 Å². The Morgan fingerprint density at radius 3 is 2.42 bits per heavy atom. The summed E-state index contributed by atoms with van der Waals surface area (Å²) < 4.78 is 42.0. The Kier molecular flexibility index (Phi) is 8.56. The van der Waals surface area contributed by atoms with Crippen LogP contribution in [0, 0.1) is 17.0 Å². The lowest BCUT2D eigenvalue weighted by Gasteiger charge is -2.18. The number of aromatic nitrogens is 2. The highest BCUT2D eigenvalue weighted by Gasteiger charge is 2.31. The normalized spacial score (nSPS) is 12.3. The average molecular weight is 587 g/mol. The quantitative estimate of drug-likeness (QED) is 0.138. The number of nitro groups is 1. The van der Waals surface area contributed by atoms with Gasteiger partial charge in [-0.3, -0.25) is 19.9 Å². The van der Waals surface area contributed by atoms with Crippen molar-refractivity contribution >= 4 is 22.5 Å². The summed E-state index contributed by atoms with van der Waals surface area (Å²) in [6, 6.07) is 22.8. The number of carbonyl (C=O) groups is 1. The molecule has 0 aliphatic heterocycles. The Balaban J connectivity index is 1.54. The number of carbonyl (C=O) groups excluding carboxylic acids is 1. The molecule has 10 heteroatoms. The van der Waals surface area contributed by atoms with Crippen molar-refractivity contribution in [2.45, 2.75) is 38.4 Å². The van der Waals surface area contributed by atoms with Crippen LogP contribution in [0.4, 0.5) is 18.9 Å². The summed E-state index contributed by atoms with van der Waals surface area (Å²) in [5, 5.41) is 15.1. The van der Waals surface area contributed by atoms with Gasteiger partial charge in [0.15, 0.2) is 0 Å². The molecule has 0 aliphatic rings. The van der Waals surface area contributed by atoms with Crippen LogP contribution in [-0.2, 0) is 23.9 Å². The molecule has 0 bridgehead atoms. The van der Waals surface area contributed by atoms with Gasteiger partial charge < -0.3 is 9.88 Å². The Morgan fingerprint density at radius 1 is 1.02 bits per heavy atom. The van der Waals surface area contributed by atoms with Crippen molar-refractivity contribution < 1.29 is 22.9 Å². The molecule has 2 aromatic heterocycles. The van der Waals surface area contributed by atoms with Gasteiger partial charge >= 0.3 is 6.18 Å². The molecular weight excluding hydrogens is 557 g/mol. The minimum absolute atomic E-state index is 0.0695. The summed E-state index contributed by atoms with van der Waals surface area (Å²) in [4.78, 5) is 28.7. The molecule has 0 radical (unpaired) electrons. The molecule has 0 fully saturated rings. The molecule has 1 atom stereocenters. The molecular formula is C33H29F3N4O3. The SMILES string of the molecule is Cc1ccc(Cn2cc(C(CC(=O)NCCc3ccccn3)c3ccc(C(F)(F)F)cc3)c3cc([N+](=O)[O-])ccc32)cc1. The van der Waals surface area contributed by atoms with Crippen LogP contribution < -0.4 is 5.32 Å². The van der Waals surface area contributed by atoms with Crippen LogP contribution in [0.3, 0.4) is 0 Å². The molecule has 0 saturated carbocycles. The standard InChI is InChI=1S/C33H29F3N4O3/c1-22-5-7-23(8-6-22)20-39-21-30(29-18-27(40(42)43)13-14-31(29)39)28(24-9-11-25(12-10-24)33(34,35)36)19-32(41)38-17-15-26-4-2-3-16-37-26/h2-14,16,18,21,28H,15,17,19-20H2,1H3,(H,38,41). The maximum atomic E-state index is 13.4. The van der Waals surface area contributed by atoms with Gasteiger partial charge in [0.2, 0.25) is 5.91 Å². The molecule has 0 spiro atoms. The number of hydrogen-bond acceptors (Lipinski definition) is 4. The third-order valence-corrected chi connectivity index (χ3v) is 7.41. The second-order valence-corrected chi connectivity index (χ2v) is 10.5. The largest absolute Gasteiger partial charge is 0.416 e. The van der Waals surface area contributed by atoms with E-state index >= 15 is 0 Å². The van der Waals surface area contributed by atoms with Crippen LogP contribution in [0.25, 0.3) is 10.9 Å². The van der Waals surface area contributed by atoms with E-state index in [1.54, 1.807) is 18.3 Å². The molecule has 1 unspecified atom stereocenters. The first-order chi connectivity index (χ1) is 20.6. The van der Waals surface area contributed by atoms with Crippen LogP contribution in [0.2, 0.25) is 0 Å². The predicted molar refractivity (Wildman–Crippen MR) is 158 cm³/mol. The number of fused-ring (bicyclic) bond motifs is 1. The lowest BCUT2D eigenvalue weighted by atomic mass is 9.87. The van der Waals surface area contributed by atoms with Crippen LogP contribution in [0.15, 0.2) is 97.3 Å². The Labute approximate surface area is 246 Å². The lowest BCUT2D eigenvalue weighted by molar-refractivity contribution is -0.384. The highest BCUT2D eigenvalue weighted by molar-refractivity contribution is 5.88. The summed E-state index contributed by atoms with van der Waals surface area (Å²) in [6.07, 6.45) is -0.553. The van der Waals surface area contributed by atoms with Gasteiger partial charge in [0.25, 0.3) is 5.69 Å². The second-order valence-electron chi connectivity index (χ2n) is 10.5. The monoisotopic (exact) mass is 586 g/mol. The molecule has 220 valence electrons. The zero-order valence-corrected chi connectivity index (χ0v) is 23.3. The lowest BCUT2D eigenvalue weighted by Crippen LogP contribution is -2.27. The molecule has 5 rings (SSSR count). The van der Waals surface area contributed by atoms with Crippen molar-refractivity contribution in [3.05, 3.63) is 141 Å². The van der Waals surface area contributed by atoms with Gasteiger partial charge in [-0.25, -0.2) is 0 Å². The first-order valence-corrected chi connectivity index (χ1v) is 13.7. The number of pyridine rings is 1. The Hall–Kier alpha value is -4.99. The molecule has 1 amide bonds. The number of alkyl halides is 3. The highest BCUT2D eigenvalue weighted by atomic mass is 19.4. The third-order valence-electron chi connectivity index (χ3n) is 7.41. The maximum Gasteiger partial charge on any atom is 0.416 e. The number of nitro benzene ring substituents is 1. The van der Waals surface area contributed by atoms with Gasteiger partial charge in [0.1, 0.15) is 0 Å². The second kappa shape index (κ2) is 12.5. The molecule has 1 N–H and O–H groups in total. The van der Waals surface area contributed by atoms with Crippen molar-refractivity contribution in [3.8, 4) is 0 Å². The fourth-order valence-corrected chi connectivity index (χ4v) is 5.17. The first-order valence-electron chi connectivity index (χ1n) is 13.7. The van der Waals surface area contributed by atoms with E-state index in [9.17, 15) is 28.1 Å². The van der Waals surface area contributed by atoms with Gasteiger partial charge in [-0.15, -0.1) is 0 Å². The third kappa shape index (κ3) is 7.09. The van der Waals surface area contributed by atoms with Crippen molar-refractivity contribution in [2.24, 2.45) is 0 Å². The number of halogens is 3. The van der Waals surface area contributed by atoms with Crippen LogP contribution in [-0.4, -0.2) is 26.9 Å². The number of nitrogens with one attached hydrogen (secondary N) is 1. The molecule has 0 saturated heterocycles. The number of nitrogens with zero attached hydrogens (tertiary/aromatic N) is 3. The number of aryl methyl sites for hydroxylation is 1. The van der Waals surface area contributed by atoms with Gasteiger partial charge in [-0.1, -0.05) is 48.0 Å². The number of benzene rings is 3. The molecule has 2 heterocycles. The summed E-state index contributed by atoms with van der Waals surface area (Å²) >= 11 is 0. The smallest absolute Gasteiger partial charge is 0.356 e.